The third-order valence-corrected chi connectivity index (χ3v) is 6.11. The van der Waals surface area contributed by atoms with E-state index in [2.05, 4.69) is 0 Å². The fourth-order valence-electron chi connectivity index (χ4n) is 3.94. The van der Waals surface area contributed by atoms with Crippen molar-refractivity contribution in [3.8, 4) is 11.5 Å². The Bertz CT molecular complexity index is 815. The Labute approximate surface area is 196 Å². The molecule has 194 valence electrons. The summed E-state index contributed by atoms with van der Waals surface area (Å²) in [4.78, 5) is 0. The van der Waals surface area contributed by atoms with Crippen molar-refractivity contribution in [1.29, 1.82) is 0 Å². The second-order valence-electron chi connectivity index (χ2n) is 8.94. The fourth-order valence-corrected chi connectivity index (χ4v) is 3.94. The van der Waals surface area contributed by atoms with Gasteiger partial charge >= 0.3 is 0 Å². The van der Waals surface area contributed by atoms with Gasteiger partial charge in [-0.05, 0) is 30.5 Å². The first-order valence-electron chi connectivity index (χ1n) is 11.1. The molecule has 0 radical (unpaired) electrons. The van der Waals surface area contributed by atoms with E-state index in [0.717, 1.165) is 0 Å². The quantitative estimate of drug-likeness (QED) is 0.200. The number of benzene rings is 1. The standard InChI is InChI=1S/C22H34O12/c1-8(2)10-5-11(31-21-19(29)17(27)15(25)13(6-23)33-21)9(3)4-12(10)32-22-20(30)18(28)16(26)14(7-24)34-22/h4-5,8,13-30H,6-7H2,1-3H3. The zero-order chi connectivity index (χ0) is 25.3. The van der Waals surface area contributed by atoms with Crippen molar-refractivity contribution in [3.05, 3.63) is 23.3 Å². The summed E-state index contributed by atoms with van der Waals surface area (Å²) >= 11 is 0. The molecule has 0 bridgehead atoms. The van der Waals surface area contributed by atoms with Crippen LogP contribution in [0.15, 0.2) is 12.1 Å². The van der Waals surface area contributed by atoms with Gasteiger partial charge in [-0.15, -0.1) is 0 Å². The Hall–Kier alpha value is -1.58. The minimum Gasteiger partial charge on any atom is -0.462 e. The first kappa shape index (κ1) is 27.0. The van der Waals surface area contributed by atoms with E-state index in [4.69, 9.17) is 18.9 Å². The molecular formula is C22H34O12. The average Bonchev–Trinajstić information content (AvgIpc) is 2.80. The van der Waals surface area contributed by atoms with E-state index < -0.39 is 74.6 Å². The maximum atomic E-state index is 10.3. The molecule has 0 spiro atoms. The van der Waals surface area contributed by atoms with Gasteiger partial charge in [0.15, 0.2) is 0 Å². The van der Waals surface area contributed by atoms with Crippen molar-refractivity contribution in [2.75, 3.05) is 13.2 Å². The zero-order valence-corrected chi connectivity index (χ0v) is 19.1. The van der Waals surface area contributed by atoms with Crippen molar-refractivity contribution in [2.24, 2.45) is 0 Å². The predicted octanol–water partition coefficient (Wildman–Crippen LogP) is -2.52. The molecule has 2 aliphatic rings. The molecule has 0 saturated carbocycles. The average molecular weight is 491 g/mol. The molecule has 2 aliphatic heterocycles. The van der Waals surface area contributed by atoms with Crippen LogP contribution >= 0.6 is 0 Å². The van der Waals surface area contributed by atoms with Gasteiger partial charge in [0.25, 0.3) is 0 Å². The van der Waals surface area contributed by atoms with Crippen LogP contribution in [0.3, 0.4) is 0 Å². The Morgan fingerprint density at radius 3 is 1.56 bits per heavy atom. The molecule has 0 amide bonds. The predicted molar refractivity (Wildman–Crippen MR) is 114 cm³/mol. The Morgan fingerprint density at radius 1 is 0.706 bits per heavy atom. The van der Waals surface area contributed by atoms with Gasteiger partial charge < -0.3 is 59.8 Å². The van der Waals surface area contributed by atoms with E-state index in [-0.39, 0.29) is 17.4 Å². The zero-order valence-electron chi connectivity index (χ0n) is 19.1. The summed E-state index contributed by atoms with van der Waals surface area (Å²) in [7, 11) is 0. The number of aliphatic hydroxyl groups is 8. The highest BCUT2D eigenvalue weighted by Crippen LogP contribution is 2.37. The summed E-state index contributed by atoms with van der Waals surface area (Å²) in [5.74, 6) is 0.435. The van der Waals surface area contributed by atoms with Gasteiger partial charge in [-0.25, -0.2) is 0 Å². The lowest BCUT2D eigenvalue weighted by Crippen LogP contribution is -2.60. The van der Waals surface area contributed by atoms with E-state index in [0.29, 0.717) is 11.1 Å². The number of aliphatic hydroxyl groups excluding tert-OH is 8. The molecule has 0 aliphatic carbocycles. The molecule has 1 aromatic carbocycles. The third-order valence-electron chi connectivity index (χ3n) is 6.11. The van der Waals surface area contributed by atoms with Gasteiger partial charge in [-0.2, -0.15) is 0 Å². The molecule has 10 unspecified atom stereocenters. The number of hydrogen-bond donors (Lipinski definition) is 8. The number of rotatable bonds is 7. The first-order chi connectivity index (χ1) is 16.0. The van der Waals surface area contributed by atoms with E-state index in [1.807, 2.05) is 13.8 Å². The van der Waals surface area contributed by atoms with Crippen LogP contribution < -0.4 is 9.47 Å². The Balaban J connectivity index is 1.85. The van der Waals surface area contributed by atoms with Gasteiger partial charge in [0.2, 0.25) is 12.6 Å². The molecule has 1 aromatic rings. The van der Waals surface area contributed by atoms with Gasteiger partial charge in [0.1, 0.15) is 60.3 Å². The lowest BCUT2D eigenvalue weighted by molar-refractivity contribution is -0.278. The van der Waals surface area contributed by atoms with Gasteiger partial charge in [-0.3, -0.25) is 0 Å². The molecule has 3 rings (SSSR count). The highest BCUT2D eigenvalue weighted by molar-refractivity contribution is 5.47. The molecular weight excluding hydrogens is 456 g/mol. The molecule has 2 fully saturated rings. The topological polar surface area (TPSA) is 199 Å². The van der Waals surface area contributed by atoms with Gasteiger partial charge in [0, 0.05) is 5.56 Å². The summed E-state index contributed by atoms with van der Waals surface area (Å²) in [5.41, 5.74) is 1.11. The maximum Gasteiger partial charge on any atom is 0.229 e. The van der Waals surface area contributed by atoms with E-state index in [1.54, 1.807) is 19.1 Å². The van der Waals surface area contributed by atoms with Crippen molar-refractivity contribution in [3.63, 3.8) is 0 Å². The minimum absolute atomic E-state index is 0.127. The molecule has 8 N–H and O–H groups in total. The molecule has 10 atom stereocenters. The largest absolute Gasteiger partial charge is 0.462 e. The Kier molecular flexibility index (Phi) is 8.74. The van der Waals surface area contributed by atoms with Crippen molar-refractivity contribution in [2.45, 2.75) is 88.1 Å². The summed E-state index contributed by atoms with van der Waals surface area (Å²) in [6.07, 6.45) is -14.4. The fraction of sp³-hybridized carbons (Fsp3) is 0.727. The molecule has 2 heterocycles. The lowest BCUT2D eigenvalue weighted by Gasteiger charge is -2.40. The Morgan fingerprint density at radius 2 is 1.15 bits per heavy atom. The van der Waals surface area contributed by atoms with Crippen LogP contribution in [-0.2, 0) is 9.47 Å². The third kappa shape index (κ3) is 5.31. The lowest BCUT2D eigenvalue weighted by atomic mass is 9.97. The van der Waals surface area contributed by atoms with Crippen LogP contribution in [-0.4, -0.2) is 115 Å². The van der Waals surface area contributed by atoms with Crippen molar-refractivity contribution < 1.29 is 59.8 Å². The SMILES string of the molecule is Cc1cc(OC2OC(CO)C(O)C(O)C2O)c(C(C)C)cc1OC1OC(CO)C(O)C(O)C1O. The first-order valence-corrected chi connectivity index (χ1v) is 11.1. The van der Waals surface area contributed by atoms with Crippen LogP contribution in [0, 0.1) is 6.92 Å². The second kappa shape index (κ2) is 11.0. The summed E-state index contributed by atoms with van der Waals surface area (Å²) in [5, 5.41) is 79.3. The smallest absolute Gasteiger partial charge is 0.229 e. The molecule has 12 nitrogen and oxygen atoms in total. The number of ether oxygens (including phenoxy) is 4. The molecule has 0 aromatic heterocycles. The number of hydrogen-bond acceptors (Lipinski definition) is 12. The molecule has 2 saturated heterocycles. The second-order valence-corrected chi connectivity index (χ2v) is 8.94. The van der Waals surface area contributed by atoms with Crippen LogP contribution in [0.25, 0.3) is 0 Å². The van der Waals surface area contributed by atoms with Crippen LogP contribution in [0.2, 0.25) is 0 Å². The summed E-state index contributed by atoms with van der Waals surface area (Å²) in [6.45, 7) is 4.22. The van der Waals surface area contributed by atoms with E-state index in [1.165, 1.54) is 0 Å². The van der Waals surface area contributed by atoms with Crippen LogP contribution in [0.1, 0.15) is 30.9 Å². The summed E-state index contributed by atoms with van der Waals surface area (Å²) in [6, 6.07) is 3.19. The maximum absolute atomic E-state index is 10.3. The van der Waals surface area contributed by atoms with Crippen molar-refractivity contribution in [1.82, 2.24) is 0 Å². The summed E-state index contributed by atoms with van der Waals surface area (Å²) < 4.78 is 22.4. The number of aryl methyl sites for hydroxylation is 1. The van der Waals surface area contributed by atoms with Crippen LogP contribution in [0.4, 0.5) is 0 Å². The molecule has 12 heteroatoms. The molecule has 34 heavy (non-hydrogen) atoms. The van der Waals surface area contributed by atoms with E-state index in [9.17, 15) is 40.9 Å². The highest BCUT2D eigenvalue weighted by atomic mass is 16.7. The van der Waals surface area contributed by atoms with Crippen molar-refractivity contribution >= 4 is 0 Å². The highest BCUT2D eigenvalue weighted by Gasteiger charge is 2.46. The van der Waals surface area contributed by atoms with Gasteiger partial charge in [-0.1, -0.05) is 13.8 Å². The minimum atomic E-state index is -1.59. The van der Waals surface area contributed by atoms with Gasteiger partial charge in [0.05, 0.1) is 13.2 Å². The monoisotopic (exact) mass is 490 g/mol. The van der Waals surface area contributed by atoms with Crippen LogP contribution in [0.5, 0.6) is 11.5 Å². The normalized spacial score (nSPS) is 38.7. The van der Waals surface area contributed by atoms with E-state index >= 15 is 0 Å².